The van der Waals surface area contributed by atoms with E-state index in [4.69, 9.17) is 9.47 Å². The minimum Gasteiger partial charge on any atom is -0.347 e. The molecule has 4 rings (SSSR count). The van der Waals surface area contributed by atoms with E-state index in [1.165, 1.54) is 24.3 Å². The molecular weight excluding hydrogens is 474 g/mol. The summed E-state index contributed by atoms with van der Waals surface area (Å²) in [6.07, 6.45) is -7.52. The van der Waals surface area contributed by atoms with Gasteiger partial charge in [0.15, 0.2) is 11.6 Å². The quantitative estimate of drug-likeness (QED) is 0.320. The van der Waals surface area contributed by atoms with Crippen molar-refractivity contribution in [2.24, 2.45) is 11.8 Å². The maximum absolute atomic E-state index is 13.0. The van der Waals surface area contributed by atoms with E-state index in [1.54, 1.807) is 13.8 Å². The van der Waals surface area contributed by atoms with Crippen LogP contribution in [-0.2, 0) is 21.8 Å². The summed E-state index contributed by atoms with van der Waals surface area (Å²) in [6.45, 7) is 3.53. The van der Waals surface area contributed by atoms with Crippen LogP contribution in [0.3, 0.4) is 0 Å². The minimum absolute atomic E-state index is 0.0450. The summed E-state index contributed by atoms with van der Waals surface area (Å²) in [4.78, 5) is 12.8. The van der Waals surface area contributed by atoms with Crippen LogP contribution in [0.5, 0.6) is 0 Å². The number of carbonyl (C=O) groups is 1. The Labute approximate surface area is 199 Å². The van der Waals surface area contributed by atoms with Gasteiger partial charge in [-0.15, -0.1) is 0 Å². The third kappa shape index (κ3) is 5.89. The van der Waals surface area contributed by atoms with Crippen molar-refractivity contribution in [2.75, 3.05) is 0 Å². The van der Waals surface area contributed by atoms with Crippen LogP contribution in [0, 0.1) is 11.8 Å². The molecule has 1 heterocycles. The molecular formula is C26H26F6O3. The van der Waals surface area contributed by atoms with Gasteiger partial charge in [0, 0.05) is 17.9 Å². The Kier molecular flexibility index (Phi) is 6.79. The molecule has 0 bridgehead atoms. The molecule has 1 saturated carbocycles. The number of Topliss-reactive ketones (excluding diaryl/α,β-unsaturated/α-hetero) is 1. The third-order valence-corrected chi connectivity index (χ3v) is 6.75. The van der Waals surface area contributed by atoms with E-state index in [2.05, 4.69) is 0 Å². The van der Waals surface area contributed by atoms with Gasteiger partial charge >= 0.3 is 12.4 Å². The van der Waals surface area contributed by atoms with Gasteiger partial charge < -0.3 is 9.47 Å². The number of ether oxygens (including phenoxy) is 2. The monoisotopic (exact) mass is 500 g/mol. The van der Waals surface area contributed by atoms with Crippen LogP contribution >= 0.6 is 0 Å². The highest BCUT2D eigenvalue weighted by atomic mass is 19.4. The Hall–Kier alpha value is -2.39. The molecule has 1 aliphatic heterocycles. The summed E-state index contributed by atoms with van der Waals surface area (Å²) >= 11 is 0. The summed E-state index contributed by atoms with van der Waals surface area (Å²) in [6, 6.07) is 9.08. The molecule has 0 amide bonds. The first-order chi connectivity index (χ1) is 16.2. The summed E-state index contributed by atoms with van der Waals surface area (Å²) in [5, 5.41) is 0. The number of fused-ring (bicyclic) bond motifs is 1. The highest BCUT2D eigenvalue weighted by Crippen LogP contribution is 2.48. The molecule has 0 spiro atoms. The predicted octanol–water partition coefficient (Wildman–Crippen LogP) is 7.61. The van der Waals surface area contributed by atoms with Gasteiger partial charge in [0.2, 0.25) is 0 Å². The van der Waals surface area contributed by atoms with Gasteiger partial charge in [-0.1, -0.05) is 24.3 Å². The lowest BCUT2D eigenvalue weighted by atomic mass is 9.72. The number of ketones is 1. The number of alkyl halides is 6. The maximum atomic E-state index is 13.0. The van der Waals surface area contributed by atoms with E-state index < -0.39 is 35.4 Å². The first kappa shape index (κ1) is 25.7. The van der Waals surface area contributed by atoms with Crippen molar-refractivity contribution < 1.29 is 40.6 Å². The van der Waals surface area contributed by atoms with Gasteiger partial charge in [-0.25, -0.2) is 0 Å². The number of hydrogen-bond donors (Lipinski definition) is 0. The molecule has 1 aliphatic carbocycles. The molecule has 2 fully saturated rings. The zero-order valence-electron chi connectivity index (χ0n) is 19.2. The van der Waals surface area contributed by atoms with Crippen LogP contribution in [0.25, 0.3) is 0 Å². The summed E-state index contributed by atoms with van der Waals surface area (Å²) in [5.74, 6) is -1.38. The standard InChI is InChI=1S/C26H26F6O3/c1-24(2)34-22-12-3-15(14-21(33)16-4-8-18(9-5-16)25(27,28)29)13-20(22)23(35-24)17-6-10-19(11-7-17)26(30,31)32/h4-11,15,20,22-23H,3,12-14H2,1-2H3/t15-,20?,22?,23+/m0/s1. The van der Waals surface area contributed by atoms with Crippen molar-refractivity contribution in [3.8, 4) is 0 Å². The minimum atomic E-state index is -4.47. The Balaban J connectivity index is 1.49. The predicted molar refractivity (Wildman–Crippen MR) is 115 cm³/mol. The van der Waals surface area contributed by atoms with E-state index in [0.29, 0.717) is 24.8 Å². The van der Waals surface area contributed by atoms with Gasteiger partial charge in [0.1, 0.15) is 0 Å². The second kappa shape index (κ2) is 9.24. The lowest BCUT2D eigenvalue weighted by Gasteiger charge is -2.49. The molecule has 1 saturated heterocycles. The molecule has 0 aromatic heterocycles. The van der Waals surface area contributed by atoms with E-state index in [1.807, 2.05) is 0 Å². The normalized spacial score (nSPS) is 26.7. The van der Waals surface area contributed by atoms with Gasteiger partial charge in [-0.05, 0) is 68.9 Å². The van der Waals surface area contributed by atoms with Crippen LogP contribution in [-0.4, -0.2) is 17.7 Å². The highest BCUT2D eigenvalue weighted by molar-refractivity contribution is 5.96. The SMILES string of the molecule is CC1(C)OC2CC[C@H](CC(=O)c3ccc(C(F)(F)F)cc3)CC2[C@@H](c2ccc(C(F)(F)F)cc2)O1. The molecule has 2 aliphatic rings. The van der Waals surface area contributed by atoms with E-state index in [0.717, 1.165) is 24.3 Å². The molecule has 35 heavy (non-hydrogen) atoms. The zero-order valence-corrected chi connectivity index (χ0v) is 19.2. The smallest absolute Gasteiger partial charge is 0.347 e. The number of rotatable bonds is 4. The van der Waals surface area contributed by atoms with Crippen molar-refractivity contribution in [1.29, 1.82) is 0 Å². The Morgan fingerprint density at radius 3 is 1.94 bits per heavy atom. The average molecular weight is 500 g/mol. The number of benzene rings is 2. The van der Waals surface area contributed by atoms with Crippen LogP contribution < -0.4 is 0 Å². The molecule has 3 nitrogen and oxygen atoms in total. The van der Waals surface area contributed by atoms with Crippen LogP contribution in [0.2, 0.25) is 0 Å². The second-order valence-corrected chi connectivity index (χ2v) is 9.76. The number of halogens is 6. The van der Waals surface area contributed by atoms with Crippen molar-refractivity contribution in [1.82, 2.24) is 0 Å². The summed E-state index contributed by atoms with van der Waals surface area (Å²) in [7, 11) is 0. The first-order valence-corrected chi connectivity index (χ1v) is 11.5. The average Bonchev–Trinajstić information content (AvgIpc) is 2.77. The largest absolute Gasteiger partial charge is 0.416 e. The fourth-order valence-electron chi connectivity index (χ4n) is 5.11. The number of hydrogen-bond acceptors (Lipinski definition) is 3. The van der Waals surface area contributed by atoms with Crippen molar-refractivity contribution in [3.05, 3.63) is 70.8 Å². The van der Waals surface area contributed by atoms with Gasteiger partial charge in [0.05, 0.1) is 23.3 Å². The second-order valence-electron chi connectivity index (χ2n) is 9.76. The van der Waals surface area contributed by atoms with Gasteiger partial charge in [-0.2, -0.15) is 26.3 Å². The van der Waals surface area contributed by atoms with Crippen molar-refractivity contribution in [3.63, 3.8) is 0 Å². The Bertz CT molecular complexity index is 1040. The molecule has 4 atom stereocenters. The highest BCUT2D eigenvalue weighted by Gasteiger charge is 2.47. The van der Waals surface area contributed by atoms with E-state index >= 15 is 0 Å². The summed E-state index contributed by atoms with van der Waals surface area (Å²) < 4.78 is 89.7. The van der Waals surface area contributed by atoms with Crippen molar-refractivity contribution in [2.45, 2.75) is 69.9 Å². The van der Waals surface area contributed by atoms with Gasteiger partial charge in [-0.3, -0.25) is 4.79 Å². The topological polar surface area (TPSA) is 35.5 Å². The molecule has 2 aromatic rings. The van der Waals surface area contributed by atoms with Crippen LogP contribution in [0.1, 0.15) is 72.7 Å². The fraction of sp³-hybridized carbons (Fsp3) is 0.500. The molecule has 2 aromatic carbocycles. The van der Waals surface area contributed by atoms with E-state index in [-0.39, 0.29) is 35.7 Å². The maximum Gasteiger partial charge on any atom is 0.416 e. The number of carbonyl (C=O) groups excluding carboxylic acids is 1. The first-order valence-electron chi connectivity index (χ1n) is 11.5. The van der Waals surface area contributed by atoms with E-state index in [9.17, 15) is 31.1 Å². The van der Waals surface area contributed by atoms with Gasteiger partial charge in [0.25, 0.3) is 0 Å². The molecule has 0 radical (unpaired) electrons. The molecule has 9 heteroatoms. The summed E-state index contributed by atoms with van der Waals surface area (Å²) in [5.41, 5.74) is -0.725. The van der Waals surface area contributed by atoms with Crippen LogP contribution in [0.4, 0.5) is 26.3 Å². The fourth-order valence-corrected chi connectivity index (χ4v) is 5.11. The lowest BCUT2D eigenvalue weighted by molar-refractivity contribution is -0.331. The Morgan fingerprint density at radius 2 is 1.40 bits per heavy atom. The molecule has 190 valence electrons. The molecule has 2 unspecified atom stereocenters. The van der Waals surface area contributed by atoms with Crippen molar-refractivity contribution >= 4 is 5.78 Å². The lowest BCUT2D eigenvalue weighted by Crippen LogP contribution is -2.49. The van der Waals surface area contributed by atoms with Crippen LogP contribution in [0.15, 0.2) is 48.5 Å². The Morgan fingerprint density at radius 1 is 0.857 bits per heavy atom. The molecule has 0 N–H and O–H groups in total. The third-order valence-electron chi connectivity index (χ3n) is 6.75. The zero-order chi connectivity index (χ0) is 25.6.